The van der Waals surface area contributed by atoms with Gasteiger partial charge in [0.05, 0.1) is 35.8 Å². The van der Waals surface area contributed by atoms with Crippen molar-refractivity contribution < 1.29 is 9.72 Å². The van der Waals surface area contributed by atoms with E-state index in [1.54, 1.807) is 24.0 Å². The lowest BCUT2D eigenvalue weighted by atomic mass is 10.1. The number of benzene rings is 1. The number of rotatable bonds is 7. The van der Waals surface area contributed by atoms with E-state index in [1.165, 1.54) is 10.9 Å². The molecule has 9 nitrogen and oxygen atoms in total. The van der Waals surface area contributed by atoms with Gasteiger partial charge in [-0.05, 0) is 17.7 Å². The first-order valence-corrected chi connectivity index (χ1v) is 8.53. The van der Waals surface area contributed by atoms with Gasteiger partial charge < -0.3 is 5.32 Å². The lowest BCUT2D eigenvalue weighted by Crippen LogP contribution is -2.24. The SMILES string of the molecule is CC(Cn1cc([N+](=O)[O-])cn1)C(=O)Nc1cnn(Cc2ccc(Cl)cc2)c1. The van der Waals surface area contributed by atoms with E-state index in [0.29, 0.717) is 17.3 Å². The second-order valence-electron chi connectivity index (χ2n) is 6.12. The maximum absolute atomic E-state index is 12.3. The summed E-state index contributed by atoms with van der Waals surface area (Å²) in [7, 11) is 0. The van der Waals surface area contributed by atoms with Gasteiger partial charge in [-0.25, -0.2) is 0 Å². The molecule has 0 bridgehead atoms. The minimum Gasteiger partial charge on any atom is -0.323 e. The Morgan fingerprint density at radius 2 is 1.93 bits per heavy atom. The van der Waals surface area contributed by atoms with Crippen molar-refractivity contribution in [1.82, 2.24) is 19.6 Å². The monoisotopic (exact) mass is 388 g/mol. The predicted molar refractivity (Wildman–Crippen MR) is 99.5 cm³/mol. The highest BCUT2D eigenvalue weighted by Crippen LogP contribution is 2.14. The molecule has 0 aliphatic heterocycles. The molecule has 1 amide bonds. The number of aromatic nitrogens is 4. The third-order valence-electron chi connectivity index (χ3n) is 3.90. The molecule has 1 N–H and O–H groups in total. The van der Waals surface area contributed by atoms with Gasteiger partial charge in [0, 0.05) is 11.2 Å². The Hall–Kier alpha value is -3.20. The van der Waals surface area contributed by atoms with Crippen LogP contribution < -0.4 is 5.32 Å². The number of nitro groups is 1. The fraction of sp³-hybridized carbons (Fsp3) is 0.235. The van der Waals surface area contributed by atoms with Crippen LogP contribution in [-0.2, 0) is 17.9 Å². The zero-order valence-corrected chi connectivity index (χ0v) is 15.2. The van der Waals surface area contributed by atoms with Crippen LogP contribution in [-0.4, -0.2) is 30.4 Å². The van der Waals surface area contributed by atoms with E-state index in [-0.39, 0.29) is 18.1 Å². The van der Waals surface area contributed by atoms with E-state index in [1.807, 2.05) is 24.3 Å². The maximum atomic E-state index is 12.3. The van der Waals surface area contributed by atoms with Crippen molar-refractivity contribution in [3.05, 3.63) is 69.8 Å². The normalized spacial score (nSPS) is 11.9. The third-order valence-corrected chi connectivity index (χ3v) is 4.15. The lowest BCUT2D eigenvalue weighted by Gasteiger charge is -2.10. The molecule has 2 aromatic heterocycles. The van der Waals surface area contributed by atoms with Gasteiger partial charge in [0.25, 0.3) is 0 Å². The Morgan fingerprint density at radius 1 is 1.22 bits per heavy atom. The summed E-state index contributed by atoms with van der Waals surface area (Å²) < 4.78 is 3.09. The molecule has 0 saturated heterocycles. The summed E-state index contributed by atoms with van der Waals surface area (Å²) in [5, 5.41) is 22.3. The van der Waals surface area contributed by atoms with Crippen LogP contribution in [0.1, 0.15) is 12.5 Å². The highest BCUT2D eigenvalue weighted by Gasteiger charge is 2.17. The number of carbonyl (C=O) groups excluding carboxylic acids is 1. The van der Waals surface area contributed by atoms with Gasteiger partial charge in [-0.3, -0.25) is 24.3 Å². The predicted octanol–water partition coefficient (Wildman–Crippen LogP) is 2.96. The summed E-state index contributed by atoms with van der Waals surface area (Å²) in [6.45, 7) is 2.51. The molecule has 3 aromatic rings. The minimum atomic E-state index is -0.524. The summed E-state index contributed by atoms with van der Waals surface area (Å²) >= 11 is 5.87. The van der Waals surface area contributed by atoms with Gasteiger partial charge in [0.2, 0.25) is 5.91 Å². The molecule has 0 aliphatic carbocycles. The van der Waals surface area contributed by atoms with E-state index in [9.17, 15) is 14.9 Å². The van der Waals surface area contributed by atoms with Crippen LogP contribution in [0.25, 0.3) is 0 Å². The molecule has 0 fully saturated rings. The molecule has 0 spiro atoms. The Labute approximate surface area is 159 Å². The number of nitrogens with one attached hydrogen (secondary N) is 1. The van der Waals surface area contributed by atoms with Crippen molar-refractivity contribution in [2.75, 3.05) is 5.32 Å². The fourth-order valence-electron chi connectivity index (χ4n) is 2.47. The van der Waals surface area contributed by atoms with Crippen molar-refractivity contribution in [1.29, 1.82) is 0 Å². The summed E-state index contributed by atoms with van der Waals surface area (Å²) in [4.78, 5) is 22.5. The standard InChI is InChI=1S/C17H17ClN6O3/c1-12(8-22-11-16(7-20-22)24(26)27)17(25)21-15-6-19-23(10-15)9-13-2-4-14(18)5-3-13/h2-7,10-12H,8-9H2,1H3,(H,21,25). The van der Waals surface area contributed by atoms with Crippen LogP contribution >= 0.6 is 11.6 Å². The van der Waals surface area contributed by atoms with E-state index >= 15 is 0 Å². The number of hydrogen-bond donors (Lipinski definition) is 1. The second kappa shape index (κ2) is 8.00. The smallest absolute Gasteiger partial charge is 0.306 e. The highest BCUT2D eigenvalue weighted by molar-refractivity contribution is 6.30. The molecule has 1 aromatic carbocycles. The van der Waals surface area contributed by atoms with Crippen LogP contribution in [0.4, 0.5) is 11.4 Å². The molecular formula is C17H17ClN6O3. The average Bonchev–Trinajstić information content (AvgIpc) is 3.26. The van der Waals surface area contributed by atoms with Crippen molar-refractivity contribution in [3.63, 3.8) is 0 Å². The van der Waals surface area contributed by atoms with Crippen molar-refractivity contribution >= 4 is 28.9 Å². The topological polar surface area (TPSA) is 108 Å². The maximum Gasteiger partial charge on any atom is 0.306 e. The molecule has 140 valence electrons. The number of anilines is 1. The van der Waals surface area contributed by atoms with E-state index in [0.717, 1.165) is 11.8 Å². The van der Waals surface area contributed by atoms with Crippen LogP contribution in [0.2, 0.25) is 5.02 Å². The first-order valence-electron chi connectivity index (χ1n) is 8.15. The zero-order chi connectivity index (χ0) is 19.4. The second-order valence-corrected chi connectivity index (χ2v) is 6.56. The largest absolute Gasteiger partial charge is 0.323 e. The Bertz CT molecular complexity index is 950. The highest BCUT2D eigenvalue weighted by atomic mass is 35.5. The van der Waals surface area contributed by atoms with Crippen molar-refractivity contribution in [3.8, 4) is 0 Å². The number of nitrogens with zero attached hydrogens (tertiary/aromatic N) is 5. The van der Waals surface area contributed by atoms with E-state index in [2.05, 4.69) is 15.5 Å². The van der Waals surface area contributed by atoms with Gasteiger partial charge in [-0.15, -0.1) is 0 Å². The Balaban J connectivity index is 1.56. The van der Waals surface area contributed by atoms with Crippen molar-refractivity contribution in [2.24, 2.45) is 5.92 Å². The molecule has 0 aliphatic rings. The van der Waals surface area contributed by atoms with Gasteiger partial charge in [-0.2, -0.15) is 10.2 Å². The van der Waals surface area contributed by atoms with Crippen LogP contribution in [0.3, 0.4) is 0 Å². The molecule has 0 radical (unpaired) electrons. The molecular weight excluding hydrogens is 372 g/mol. The third kappa shape index (κ3) is 4.91. The summed E-state index contributed by atoms with van der Waals surface area (Å²) in [6.07, 6.45) is 5.76. The minimum absolute atomic E-state index is 0.105. The van der Waals surface area contributed by atoms with Gasteiger partial charge >= 0.3 is 5.69 Å². The van der Waals surface area contributed by atoms with Gasteiger partial charge in [0.15, 0.2) is 0 Å². The summed E-state index contributed by atoms with van der Waals surface area (Å²) in [6, 6.07) is 7.44. The quantitative estimate of drug-likeness (QED) is 0.494. The molecule has 3 rings (SSSR count). The summed E-state index contributed by atoms with van der Waals surface area (Å²) in [5.41, 5.74) is 1.51. The number of hydrogen-bond acceptors (Lipinski definition) is 5. The Morgan fingerprint density at radius 3 is 2.59 bits per heavy atom. The van der Waals surface area contributed by atoms with Crippen LogP contribution in [0.15, 0.2) is 49.1 Å². The number of halogens is 1. The average molecular weight is 389 g/mol. The lowest BCUT2D eigenvalue weighted by molar-refractivity contribution is -0.385. The molecule has 0 saturated carbocycles. The van der Waals surface area contributed by atoms with Gasteiger partial charge in [0.1, 0.15) is 12.4 Å². The fourth-order valence-corrected chi connectivity index (χ4v) is 2.59. The molecule has 10 heteroatoms. The summed E-state index contributed by atoms with van der Waals surface area (Å²) in [5.74, 6) is -0.650. The zero-order valence-electron chi connectivity index (χ0n) is 14.4. The van der Waals surface area contributed by atoms with E-state index in [4.69, 9.17) is 11.6 Å². The number of amides is 1. The van der Waals surface area contributed by atoms with Gasteiger partial charge in [-0.1, -0.05) is 30.7 Å². The first-order chi connectivity index (χ1) is 12.9. The first kappa shape index (κ1) is 18.6. The molecule has 27 heavy (non-hydrogen) atoms. The van der Waals surface area contributed by atoms with Crippen molar-refractivity contribution in [2.45, 2.75) is 20.0 Å². The molecule has 2 heterocycles. The van der Waals surface area contributed by atoms with E-state index < -0.39 is 10.8 Å². The molecule has 1 unspecified atom stereocenters. The van der Waals surface area contributed by atoms with Crippen LogP contribution in [0, 0.1) is 16.0 Å². The van der Waals surface area contributed by atoms with Crippen LogP contribution in [0.5, 0.6) is 0 Å². The Kier molecular flexibility index (Phi) is 5.51. The molecule has 1 atom stereocenters. The number of carbonyl (C=O) groups is 1.